The number of carbonyl (C=O) groups excluding carboxylic acids is 2. The third kappa shape index (κ3) is 4.17. The van der Waals surface area contributed by atoms with Crippen molar-refractivity contribution in [2.24, 2.45) is 5.92 Å². The van der Waals surface area contributed by atoms with Gasteiger partial charge in [0.2, 0.25) is 11.8 Å². The number of nitrogens with one attached hydrogen (secondary N) is 3. The Kier molecular flexibility index (Phi) is 5.66. The van der Waals surface area contributed by atoms with Gasteiger partial charge < -0.3 is 16.0 Å². The molecular weight excluding hydrogens is 314 g/mol. The molecule has 1 atom stereocenters. The average molecular weight is 339 g/mol. The molecule has 132 valence electrons. The van der Waals surface area contributed by atoms with E-state index in [0.717, 1.165) is 42.3 Å². The molecule has 0 bridgehead atoms. The minimum Gasteiger partial charge on any atom is -0.357 e. The third-order valence-corrected chi connectivity index (χ3v) is 4.89. The maximum absolute atomic E-state index is 12.6. The number of hydrogen-bond donors (Lipinski definition) is 3. The van der Waals surface area contributed by atoms with Gasteiger partial charge >= 0.3 is 0 Å². The topological polar surface area (TPSA) is 70.2 Å². The van der Waals surface area contributed by atoms with Crippen LogP contribution in [0.1, 0.15) is 18.4 Å². The maximum atomic E-state index is 12.6. The fourth-order valence-corrected chi connectivity index (χ4v) is 3.45. The number of rotatable bonds is 5. The van der Waals surface area contributed by atoms with Crippen LogP contribution >= 0.6 is 0 Å². The molecule has 0 aromatic heterocycles. The average Bonchev–Trinajstić information content (AvgIpc) is 2.67. The molecule has 2 aromatic rings. The van der Waals surface area contributed by atoms with E-state index in [4.69, 9.17) is 0 Å². The predicted octanol–water partition coefficient (Wildman–Crippen LogP) is 1.61. The molecule has 1 heterocycles. The summed E-state index contributed by atoms with van der Waals surface area (Å²) in [6.45, 7) is 1.71. The van der Waals surface area contributed by atoms with Gasteiger partial charge in [-0.05, 0) is 42.3 Å². The molecule has 0 spiro atoms. The minimum absolute atomic E-state index is 0.0130. The first-order valence-corrected chi connectivity index (χ1v) is 8.88. The molecule has 5 nitrogen and oxygen atoms in total. The van der Waals surface area contributed by atoms with E-state index in [-0.39, 0.29) is 17.7 Å². The summed E-state index contributed by atoms with van der Waals surface area (Å²) in [5.41, 5.74) is 1.07. The number of fused-ring (bicyclic) bond motifs is 1. The summed E-state index contributed by atoms with van der Waals surface area (Å²) in [6, 6.07) is 13.6. The van der Waals surface area contributed by atoms with Crippen LogP contribution in [0.5, 0.6) is 0 Å². The molecule has 3 N–H and O–H groups in total. The van der Waals surface area contributed by atoms with Gasteiger partial charge in [-0.15, -0.1) is 0 Å². The molecule has 2 amide bonds. The first-order valence-electron chi connectivity index (χ1n) is 8.88. The molecule has 1 aliphatic rings. The smallest absolute Gasteiger partial charge is 0.242 e. The van der Waals surface area contributed by atoms with Gasteiger partial charge in [0.05, 0.1) is 0 Å². The number of hydrogen-bond acceptors (Lipinski definition) is 3. The molecule has 1 aliphatic heterocycles. The third-order valence-electron chi connectivity index (χ3n) is 4.89. The summed E-state index contributed by atoms with van der Waals surface area (Å²) < 4.78 is 0. The lowest BCUT2D eigenvalue weighted by molar-refractivity contribution is -0.131. The summed E-state index contributed by atoms with van der Waals surface area (Å²) in [7, 11) is 1.61. The zero-order valence-electron chi connectivity index (χ0n) is 14.5. The lowest BCUT2D eigenvalue weighted by atomic mass is 9.95. The quantitative estimate of drug-likeness (QED) is 0.775. The van der Waals surface area contributed by atoms with Gasteiger partial charge in [-0.2, -0.15) is 0 Å². The molecule has 3 rings (SSSR count). The van der Waals surface area contributed by atoms with Crippen molar-refractivity contribution in [3.63, 3.8) is 0 Å². The number of carbonyl (C=O) groups is 2. The van der Waals surface area contributed by atoms with Gasteiger partial charge in [0.25, 0.3) is 0 Å². The van der Waals surface area contributed by atoms with E-state index < -0.39 is 6.04 Å². The maximum Gasteiger partial charge on any atom is 0.242 e. The van der Waals surface area contributed by atoms with Crippen molar-refractivity contribution >= 4 is 22.6 Å². The summed E-state index contributed by atoms with van der Waals surface area (Å²) in [6.07, 6.45) is 2.12. The van der Waals surface area contributed by atoms with Gasteiger partial charge in [-0.25, -0.2) is 0 Å². The van der Waals surface area contributed by atoms with E-state index in [1.165, 1.54) is 0 Å². The van der Waals surface area contributed by atoms with Crippen LogP contribution in [0.2, 0.25) is 0 Å². The van der Waals surface area contributed by atoms with Crippen LogP contribution in [-0.4, -0.2) is 38.0 Å². The predicted molar refractivity (Wildman–Crippen MR) is 99.2 cm³/mol. The lowest BCUT2D eigenvalue weighted by Gasteiger charge is -2.25. The van der Waals surface area contributed by atoms with Crippen molar-refractivity contribution < 1.29 is 9.59 Å². The van der Waals surface area contributed by atoms with Crippen molar-refractivity contribution in [3.05, 3.63) is 48.0 Å². The monoisotopic (exact) mass is 339 g/mol. The second-order valence-corrected chi connectivity index (χ2v) is 6.54. The number of likely N-dealkylation sites (N-methyl/N-ethyl adjacent to an activating group) is 1. The Bertz CT molecular complexity index is 748. The molecule has 5 heteroatoms. The highest BCUT2D eigenvalue weighted by molar-refractivity contribution is 5.90. The Hall–Kier alpha value is -2.40. The fraction of sp³-hybridized carbons (Fsp3) is 0.400. The van der Waals surface area contributed by atoms with Gasteiger partial charge in [-0.1, -0.05) is 42.5 Å². The van der Waals surface area contributed by atoms with E-state index in [2.05, 4.69) is 34.1 Å². The number of amides is 2. The number of piperidine rings is 1. The van der Waals surface area contributed by atoms with Crippen LogP contribution in [0.25, 0.3) is 10.8 Å². The van der Waals surface area contributed by atoms with Crippen LogP contribution in [-0.2, 0) is 16.0 Å². The van der Waals surface area contributed by atoms with Gasteiger partial charge in [0.15, 0.2) is 0 Å². The molecule has 1 unspecified atom stereocenters. The fourth-order valence-electron chi connectivity index (χ4n) is 3.45. The zero-order valence-corrected chi connectivity index (χ0v) is 14.5. The molecule has 0 saturated carbocycles. The van der Waals surface area contributed by atoms with Crippen LogP contribution in [0.4, 0.5) is 0 Å². The molecule has 1 fully saturated rings. The van der Waals surface area contributed by atoms with E-state index >= 15 is 0 Å². The summed E-state index contributed by atoms with van der Waals surface area (Å²) in [4.78, 5) is 24.9. The molecule has 0 radical (unpaired) electrons. The van der Waals surface area contributed by atoms with Crippen molar-refractivity contribution in [2.45, 2.75) is 25.3 Å². The van der Waals surface area contributed by atoms with Crippen LogP contribution < -0.4 is 16.0 Å². The second kappa shape index (κ2) is 8.12. The first-order chi connectivity index (χ1) is 12.2. The van der Waals surface area contributed by atoms with E-state index in [1.54, 1.807) is 7.05 Å². The Morgan fingerprint density at radius 1 is 1.12 bits per heavy atom. The Balaban J connectivity index is 1.78. The van der Waals surface area contributed by atoms with Crippen LogP contribution in [0.3, 0.4) is 0 Å². The molecule has 2 aromatic carbocycles. The number of benzene rings is 2. The second-order valence-electron chi connectivity index (χ2n) is 6.54. The normalized spacial score (nSPS) is 16.4. The molecular formula is C20H25N3O2. The summed E-state index contributed by atoms with van der Waals surface area (Å²) >= 11 is 0. The molecule has 1 saturated heterocycles. The highest BCUT2D eigenvalue weighted by Gasteiger charge is 2.26. The standard InChI is InChI=1S/C20H25N3O2/c1-21-20(25)18(23-19(24)15-9-11-22-12-10-15)13-16-7-4-6-14-5-2-3-8-17(14)16/h2-8,15,18,22H,9-13H2,1H3,(H,21,25)(H,23,24). The van der Waals surface area contributed by atoms with Crippen LogP contribution in [0, 0.1) is 5.92 Å². The highest BCUT2D eigenvalue weighted by atomic mass is 16.2. The zero-order chi connectivity index (χ0) is 17.6. The largest absolute Gasteiger partial charge is 0.357 e. The molecule has 0 aliphatic carbocycles. The summed E-state index contributed by atoms with van der Waals surface area (Å²) in [5, 5.41) is 11.2. The highest BCUT2D eigenvalue weighted by Crippen LogP contribution is 2.20. The van der Waals surface area contributed by atoms with Gasteiger partial charge in [0.1, 0.15) is 6.04 Å². The first kappa shape index (κ1) is 17.4. The van der Waals surface area contributed by atoms with E-state index in [9.17, 15) is 9.59 Å². The minimum atomic E-state index is -0.557. The SMILES string of the molecule is CNC(=O)C(Cc1cccc2ccccc12)NC(=O)C1CCNCC1. The van der Waals surface area contributed by atoms with Crippen LogP contribution in [0.15, 0.2) is 42.5 Å². The van der Waals surface area contributed by atoms with Crippen molar-refractivity contribution in [1.29, 1.82) is 0 Å². The van der Waals surface area contributed by atoms with Gasteiger partial charge in [-0.3, -0.25) is 9.59 Å². The van der Waals surface area contributed by atoms with Crippen molar-refractivity contribution in [2.75, 3.05) is 20.1 Å². The lowest BCUT2D eigenvalue weighted by Crippen LogP contribution is -2.50. The Morgan fingerprint density at radius 2 is 1.84 bits per heavy atom. The van der Waals surface area contributed by atoms with E-state index in [1.807, 2.05) is 24.3 Å². The Labute approximate surface area is 148 Å². The van der Waals surface area contributed by atoms with Gasteiger partial charge in [0, 0.05) is 19.4 Å². The van der Waals surface area contributed by atoms with E-state index in [0.29, 0.717) is 6.42 Å². The van der Waals surface area contributed by atoms with Crippen molar-refractivity contribution in [1.82, 2.24) is 16.0 Å². The summed E-state index contributed by atoms with van der Waals surface area (Å²) in [5.74, 6) is -0.188. The molecule has 25 heavy (non-hydrogen) atoms. The van der Waals surface area contributed by atoms with Crippen molar-refractivity contribution in [3.8, 4) is 0 Å². The Morgan fingerprint density at radius 3 is 2.60 bits per heavy atom.